The van der Waals surface area contributed by atoms with Crippen molar-refractivity contribution in [3.05, 3.63) is 28.8 Å². The molecule has 144 valence electrons. The van der Waals surface area contributed by atoms with Gasteiger partial charge in [0.05, 0.1) is 5.02 Å². The highest BCUT2D eigenvalue weighted by Gasteiger charge is 2.29. The van der Waals surface area contributed by atoms with E-state index in [9.17, 15) is 13.2 Å². The summed E-state index contributed by atoms with van der Waals surface area (Å²) in [5, 5.41) is 0.179. The Balaban J connectivity index is 1.86. The molecule has 0 spiro atoms. The number of halogens is 1. The van der Waals surface area contributed by atoms with E-state index in [0.29, 0.717) is 24.6 Å². The summed E-state index contributed by atoms with van der Waals surface area (Å²) in [4.78, 5) is 14.7. The second kappa shape index (κ2) is 8.28. The standard InChI is InChI=1S/C19H27ClN2O3S/c1-15-8-12-21(13-9-15)19(23)16-6-7-17(20)18(14-16)26(24,25)22-10-4-2-3-5-11-22/h6-7,14-15H,2-5,8-13H2,1H3. The molecule has 1 amide bonds. The second-order valence-corrected chi connectivity index (χ2v) is 9.75. The van der Waals surface area contributed by atoms with Crippen LogP contribution in [0, 0.1) is 5.92 Å². The highest BCUT2D eigenvalue weighted by Crippen LogP contribution is 2.28. The van der Waals surface area contributed by atoms with Gasteiger partial charge in [-0.25, -0.2) is 8.42 Å². The Labute approximate surface area is 161 Å². The van der Waals surface area contributed by atoms with E-state index in [0.717, 1.165) is 51.6 Å². The fourth-order valence-corrected chi connectivity index (χ4v) is 5.67. The van der Waals surface area contributed by atoms with Gasteiger partial charge in [-0.2, -0.15) is 4.31 Å². The maximum absolute atomic E-state index is 13.1. The number of likely N-dealkylation sites (tertiary alicyclic amines) is 1. The normalized spacial score (nSPS) is 20.8. The van der Waals surface area contributed by atoms with Crippen LogP contribution in [0.2, 0.25) is 5.02 Å². The van der Waals surface area contributed by atoms with Crippen molar-refractivity contribution in [3.63, 3.8) is 0 Å². The summed E-state index contributed by atoms with van der Waals surface area (Å²) >= 11 is 6.22. The van der Waals surface area contributed by atoms with E-state index in [1.165, 1.54) is 16.4 Å². The zero-order valence-corrected chi connectivity index (χ0v) is 16.9. The van der Waals surface area contributed by atoms with E-state index in [1.807, 2.05) is 4.90 Å². The van der Waals surface area contributed by atoms with Crippen LogP contribution >= 0.6 is 11.6 Å². The van der Waals surface area contributed by atoms with Gasteiger partial charge in [0.15, 0.2) is 0 Å². The second-order valence-electron chi connectivity index (χ2n) is 7.44. The Kier molecular flexibility index (Phi) is 6.25. The van der Waals surface area contributed by atoms with Gasteiger partial charge in [0.2, 0.25) is 10.0 Å². The third kappa shape index (κ3) is 4.24. The van der Waals surface area contributed by atoms with Crippen LogP contribution in [-0.2, 0) is 10.0 Å². The lowest BCUT2D eigenvalue weighted by Crippen LogP contribution is -2.38. The minimum absolute atomic E-state index is 0.0531. The first-order valence-corrected chi connectivity index (χ1v) is 11.3. The van der Waals surface area contributed by atoms with Gasteiger partial charge in [0, 0.05) is 31.7 Å². The van der Waals surface area contributed by atoms with Gasteiger partial charge < -0.3 is 4.90 Å². The molecule has 0 bridgehead atoms. The van der Waals surface area contributed by atoms with Crippen LogP contribution in [0.15, 0.2) is 23.1 Å². The highest BCUT2D eigenvalue weighted by molar-refractivity contribution is 7.89. The van der Waals surface area contributed by atoms with E-state index in [4.69, 9.17) is 11.6 Å². The van der Waals surface area contributed by atoms with Gasteiger partial charge in [-0.05, 0) is 49.8 Å². The molecule has 0 radical (unpaired) electrons. The molecule has 1 aromatic rings. The minimum atomic E-state index is -3.68. The molecule has 2 aliphatic heterocycles. The lowest BCUT2D eigenvalue weighted by atomic mass is 9.98. The van der Waals surface area contributed by atoms with Gasteiger partial charge >= 0.3 is 0 Å². The van der Waals surface area contributed by atoms with Crippen LogP contribution in [-0.4, -0.2) is 49.7 Å². The molecule has 0 aliphatic carbocycles. The number of sulfonamides is 1. The van der Waals surface area contributed by atoms with E-state index >= 15 is 0 Å². The Morgan fingerprint density at radius 3 is 2.27 bits per heavy atom. The van der Waals surface area contributed by atoms with Crippen molar-refractivity contribution in [2.24, 2.45) is 5.92 Å². The van der Waals surface area contributed by atoms with Crippen molar-refractivity contribution in [2.45, 2.75) is 50.3 Å². The first-order valence-electron chi connectivity index (χ1n) is 9.48. The molecular weight excluding hydrogens is 372 g/mol. The number of rotatable bonds is 3. The van der Waals surface area contributed by atoms with E-state index in [1.54, 1.807) is 6.07 Å². The number of hydrogen-bond donors (Lipinski definition) is 0. The van der Waals surface area contributed by atoms with Gasteiger partial charge in [0.25, 0.3) is 5.91 Å². The Morgan fingerprint density at radius 2 is 1.65 bits per heavy atom. The van der Waals surface area contributed by atoms with Crippen LogP contribution in [0.4, 0.5) is 0 Å². The van der Waals surface area contributed by atoms with Crippen LogP contribution < -0.4 is 0 Å². The van der Waals surface area contributed by atoms with Crippen molar-refractivity contribution in [1.29, 1.82) is 0 Å². The molecule has 7 heteroatoms. The molecule has 0 N–H and O–H groups in total. The molecule has 26 heavy (non-hydrogen) atoms. The van der Waals surface area contributed by atoms with Gasteiger partial charge in [-0.15, -0.1) is 0 Å². The fraction of sp³-hybridized carbons (Fsp3) is 0.632. The summed E-state index contributed by atoms with van der Waals surface area (Å²) in [6.45, 7) is 4.66. The molecule has 0 aromatic heterocycles. The molecule has 3 rings (SSSR count). The van der Waals surface area contributed by atoms with Crippen molar-refractivity contribution in [3.8, 4) is 0 Å². The van der Waals surface area contributed by atoms with Gasteiger partial charge in [-0.1, -0.05) is 31.4 Å². The molecule has 1 aromatic carbocycles. The van der Waals surface area contributed by atoms with Crippen LogP contribution in [0.3, 0.4) is 0 Å². The first kappa shape index (κ1) is 19.6. The molecule has 2 aliphatic rings. The highest BCUT2D eigenvalue weighted by atomic mass is 35.5. The summed E-state index contributed by atoms with van der Waals surface area (Å²) in [6, 6.07) is 4.62. The Hall–Kier alpha value is -1.11. The molecule has 2 saturated heterocycles. The predicted molar refractivity (Wildman–Crippen MR) is 103 cm³/mol. The molecule has 2 fully saturated rings. The smallest absolute Gasteiger partial charge is 0.253 e. The van der Waals surface area contributed by atoms with E-state index < -0.39 is 10.0 Å². The van der Waals surface area contributed by atoms with Crippen molar-refractivity contribution >= 4 is 27.5 Å². The summed E-state index contributed by atoms with van der Waals surface area (Å²) in [5.41, 5.74) is 0.400. The molecule has 0 atom stereocenters. The zero-order chi connectivity index (χ0) is 18.7. The zero-order valence-electron chi connectivity index (χ0n) is 15.3. The number of nitrogens with zero attached hydrogens (tertiary/aromatic N) is 2. The maximum Gasteiger partial charge on any atom is 0.253 e. The summed E-state index contributed by atoms with van der Waals surface area (Å²) in [5.74, 6) is 0.518. The summed E-state index contributed by atoms with van der Waals surface area (Å²) in [7, 11) is -3.68. The fourth-order valence-electron chi connectivity index (χ4n) is 3.65. The van der Waals surface area contributed by atoms with Gasteiger partial charge in [0.1, 0.15) is 4.90 Å². The number of carbonyl (C=O) groups is 1. The number of hydrogen-bond acceptors (Lipinski definition) is 3. The average molecular weight is 399 g/mol. The molecule has 0 unspecified atom stereocenters. The summed E-state index contributed by atoms with van der Waals surface area (Å²) < 4.78 is 27.7. The number of carbonyl (C=O) groups excluding carboxylic acids is 1. The van der Waals surface area contributed by atoms with Crippen LogP contribution in [0.5, 0.6) is 0 Å². The predicted octanol–water partition coefficient (Wildman–Crippen LogP) is 3.78. The van der Waals surface area contributed by atoms with E-state index in [2.05, 4.69) is 6.92 Å². The average Bonchev–Trinajstić information content (AvgIpc) is 2.92. The number of amides is 1. The first-order chi connectivity index (χ1) is 12.4. The topological polar surface area (TPSA) is 57.7 Å². The van der Waals surface area contributed by atoms with Crippen LogP contribution in [0.25, 0.3) is 0 Å². The molecule has 0 saturated carbocycles. The van der Waals surface area contributed by atoms with Gasteiger partial charge in [-0.3, -0.25) is 4.79 Å². The quantitative estimate of drug-likeness (QED) is 0.778. The van der Waals surface area contributed by atoms with Crippen molar-refractivity contribution < 1.29 is 13.2 Å². The van der Waals surface area contributed by atoms with Crippen molar-refractivity contribution in [1.82, 2.24) is 9.21 Å². The summed E-state index contributed by atoms with van der Waals surface area (Å²) in [6.07, 6.45) is 5.79. The monoisotopic (exact) mass is 398 g/mol. The molecule has 2 heterocycles. The Bertz CT molecular complexity index is 750. The third-order valence-corrected chi connectivity index (χ3v) is 7.81. The SMILES string of the molecule is CC1CCN(C(=O)c2ccc(Cl)c(S(=O)(=O)N3CCCCCC3)c2)CC1. The molecular formula is C19H27ClN2O3S. The van der Waals surface area contributed by atoms with Crippen molar-refractivity contribution in [2.75, 3.05) is 26.2 Å². The number of piperidine rings is 1. The lowest BCUT2D eigenvalue weighted by molar-refractivity contribution is 0.0697. The van der Waals surface area contributed by atoms with Crippen LogP contribution in [0.1, 0.15) is 55.8 Å². The lowest BCUT2D eigenvalue weighted by Gasteiger charge is -2.30. The largest absolute Gasteiger partial charge is 0.339 e. The number of benzene rings is 1. The minimum Gasteiger partial charge on any atom is -0.339 e. The molecule has 5 nitrogen and oxygen atoms in total. The third-order valence-electron chi connectivity index (χ3n) is 5.43. The van der Waals surface area contributed by atoms with E-state index in [-0.39, 0.29) is 15.8 Å². The Morgan fingerprint density at radius 1 is 1.04 bits per heavy atom. The maximum atomic E-state index is 13.1.